The third-order valence-electron chi connectivity index (χ3n) is 5.97. The summed E-state index contributed by atoms with van der Waals surface area (Å²) in [6.07, 6.45) is 5.05. The number of urea groups is 1. The molecule has 4 rings (SSSR count). The molecule has 5 nitrogen and oxygen atoms in total. The van der Waals surface area contributed by atoms with Gasteiger partial charge in [-0.05, 0) is 42.5 Å². The summed E-state index contributed by atoms with van der Waals surface area (Å²) in [4.78, 5) is 12.4. The minimum absolute atomic E-state index is 0.0219. The van der Waals surface area contributed by atoms with Gasteiger partial charge >= 0.3 is 6.03 Å². The van der Waals surface area contributed by atoms with E-state index in [2.05, 4.69) is 34.9 Å². The average molecular weight is 398 g/mol. The van der Waals surface area contributed by atoms with E-state index >= 15 is 0 Å². The van der Waals surface area contributed by atoms with Crippen molar-refractivity contribution in [3.8, 4) is 5.75 Å². The van der Waals surface area contributed by atoms with Crippen molar-refractivity contribution in [2.75, 3.05) is 19.9 Å². The van der Waals surface area contributed by atoms with E-state index in [0.29, 0.717) is 37.4 Å². The molecule has 2 aromatic carbocycles. The van der Waals surface area contributed by atoms with Crippen molar-refractivity contribution in [3.05, 3.63) is 65.0 Å². The lowest BCUT2D eigenvalue weighted by Gasteiger charge is -2.30. The molecule has 1 aliphatic heterocycles. The normalized spacial score (nSPS) is 17.3. The molecule has 0 bridgehead atoms. The standard InChI is InChI=1S/C23H27FN2O3/c24-20-12-17(21-18(13-20)14-28-16-29-21)8-11-25-22(27)26-15-23(9-4-5-10-23)19-6-2-1-3-7-19/h1-3,6-7,12-13H,4-5,8-11,14-16H2,(H2,25,26,27). The molecule has 2 aliphatic rings. The van der Waals surface area contributed by atoms with Crippen LogP contribution in [0.2, 0.25) is 0 Å². The highest BCUT2D eigenvalue weighted by molar-refractivity contribution is 5.74. The molecule has 2 aromatic rings. The minimum atomic E-state index is -0.316. The van der Waals surface area contributed by atoms with Gasteiger partial charge in [0.2, 0.25) is 0 Å². The molecule has 1 fully saturated rings. The van der Waals surface area contributed by atoms with E-state index in [4.69, 9.17) is 9.47 Å². The van der Waals surface area contributed by atoms with Gasteiger partial charge in [-0.2, -0.15) is 0 Å². The molecule has 6 heteroatoms. The first-order valence-corrected chi connectivity index (χ1v) is 10.3. The van der Waals surface area contributed by atoms with Gasteiger partial charge in [-0.1, -0.05) is 43.2 Å². The second-order valence-electron chi connectivity index (χ2n) is 7.88. The third-order valence-corrected chi connectivity index (χ3v) is 5.97. The van der Waals surface area contributed by atoms with Gasteiger partial charge in [0.1, 0.15) is 11.6 Å². The molecule has 2 N–H and O–H groups in total. The van der Waals surface area contributed by atoms with Crippen molar-refractivity contribution in [3.63, 3.8) is 0 Å². The fourth-order valence-corrected chi connectivity index (χ4v) is 4.48. The van der Waals surface area contributed by atoms with E-state index < -0.39 is 0 Å². The molecule has 0 aromatic heterocycles. The highest BCUT2D eigenvalue weighted by Crippen LogP contribution is 2.40. The van der Waals surface area contributed by atoms with Gasteiger partial charge in [-0.25, -0.2) is 9.18 Å². The van der Waals surface area contributed by atoms with Crippen molar-refractivity contribution in [1.82, 2.24) is 10.6 Å². The number of benzene rings is 2. The van der Waals surface area contributed by atoms with Crippen molar-refractivity contribution in [2.45, 2.75) is 44.1 Å². The van der Waals surface area contributed by atoms with Gasteiger partial charge in [-0.3, -0.25) is 0 Å². The Bertz CT molecular complexity index is 851. The van der Waals surface area contributed by atoms with Gasteiger partial charge in [0, 0.05) is 24.1 Å². The Kier molecular flexibility index (Phi) is 6.00. The number of rotatable bonds is 6. The van der Waals surface area contributed by atoms with E-state index in [0.717, 1.165) is 18.4 Å². The fraction of sp³-hybridized carbons (Fsp3) is 0.435. The Balaban J connectivity index is 1.31. The summed E-state index contributed by atoms with van der Waals surface area (Å²) in [7, 11) is 0. The van der Waals surface area contributed by atoms with Crippen LogP contribution in [0.4, 0.5) is 9.18 Å². The predicted octanol–water partition coefficient (Wildman–Crippen LogP) is 4.05. The lowest BCUT2D eigenvalue weighted by atomic mass is 9.79. The molecule has 154 valence electrons. The number of hydrogen-bond donors (Lipinski definition) is 2. The molecule has 1 heterocycles. The van der Waals surface area contributed by atoms with Crippen LogP contribution >= 0.6 is 0 Å². The molecule has 2 amide bonds. The first kappa shape index (κ1) is 19.7. The van der Waals surface area contributed by atoms with Crippen LogP contribution in [0.3, 0.4) is 0 Å². The summed E-state index contributed by atoms with van der Waals surface area (Å²) >= 11 is 0. The van der Waals surface area contributed by atoms with Crippen molar-refractivity contribution in [2.24, 2.45) is 0 Å². The molecule has 1 aliphatic carbocycles. The molecule has 0 spiro atoms. The van der Waals surface area contributed by atoms with E-state index in [1.54, 1.807) is 0 Å². The Labute approximate surface area is 170 Å². The van der Waals surface area contributed by atoms with Crippen LogP contribution < -0.4 is 15.4 Å². The van der Waals surface area contributed by atoms with E-state index in [9.17, 15) is 9.18 Å². The first-order chi connectivity index (χ1) is 14.2. The van der Waals surface area contributed by atoms with E-state index in [-0.39, 0.29) is 24.1 Å². The molecule has 0 radical (unpaired) electrons. The fourth-order valence-electron chi connectivity index (χ4n) is 4.48. The summed E-state index contributed by atoms with van der Waals surface area (Å²) in [5.41, 5.74) is 2.78. The van der Waals surface area contributed by atoms with Gasteiger partial charge < -0.3 is 20.1 Å². The Morgan fingerprint density at radius 1 is 1.10 bits per heavy atom. The zero-order chi connectivity index (χ0) is 20.1. The van der Waals surface area contributed by atoms with Crippen LogP contribution in [0.25, 0.3) is 0 Å². The Morgan fingerprint density at radius 2 is 1.90 bits per heavy atom. The minimum Gasteiger partial charge on any atom is -0.467 e. The molecule has 29 heavy (non-hydrogen) atoms. The molecular weight excluding hydrogens is 371 g/mol. The van der Waals surface area contributed by atoms with E-state index in [1.807, 2.05) is 6.07 Å². The topological polar surface area (TPSA) is 59.6 Å². The lowest BCUT2D eigenvalue weighted by Crippen LogP contribution is -2.44. The zero-order valence-electron chi connectivity index (χ0n) is 16.5. The van der Waals surface area contributed by atoms with Crippen LogP contribution in [0.1, 0.15) is 42.4 Å². The summed E-state index contributed by atoms with van der Waals surface area (Å²) in [5.74, 6) is 0.359. The molecule has 1 saturated carbocycles. The Hall–Kier alpha value is -2.60. The number of hydrogen-bond acceptors (Lipinski definition) is 3. The smallest absolute Gasteiger partial charge is 0.314 e. The van der Waals surface area contributed by atoms with Gasteiger partial charge in [0.25, 0.3) is 0 Å². The van der Waals surface area contributed by atoms with Crippen LogP contribution in [0, 0.1) is 5.82 Å². The number of carbonyl (C=O) groups excluding carboxylic acids is 1. The zero-order valence-corrected chi connectivity index (χ0v) is 16.5. The maximum atomic E-state index is 13.8. The Morgan fingerprint density at radius 3 is 2.69 bits per heavy atom. The largest absolute Gasteiger partial charge is 0.467 e. The highest BCUT2D eigenvalue weighted by atomic mass is 19.1. The summed E-state index contributed by atoms with van der Waals surface area (Å²) in [6.45, 7) is 1.54. The number of halogens is 1. The van der Waals surface area contributed by atoms with Gasteiger partial charge in [0.05, 0.1) is 6.61 Å². The number of amides is 2. The van der Waals surface area contributed by atoms with Crippen molar-refractivity contribution >= 4 is 6.03 Å². The highest BCUT2D eigenvalue weighted by Gasteiger charge is 2.35. The summed E-state index contributed by atoms with van der Waals surface area (Å²) in [5, 5.41) is 5.94. The third kappa shape index (κ3) is 4.53. The summed E-state index contributed by atoms with van der Waals surface area (Å²) in [6, 6.07) is 13.2. The molecule has 0 saturated heterocycles. The predicted molar refractivity (Wildman–Crippen MR) is 108 cm³/mol. The average Bonchev–Trinajstić information content (AvgIpc) is 3.23. The maximum absolute atomic E-state index is 13.8. The van der Waals surface area contributed by atoms with Crippen LogP contribution in [-0.4, -0.2) is 25.9 Å². The number of carbonyl (C=O) groups is 1. The summed E-state index contributed by atoms with van der Waals surface area (Å²) < 4.78 is 24.6. The van der Waals surface area contributed by atoms with Crippen molar-refractivity contribution in [1.29, 1.82) is 0 Å². The van der Waals surface area contributed by atoms with Crippen molar-refractivity contribution < 1.29 is 18.7 Å². The SMILES string of the molecule is O=C(NCCc1cc(F)cc2c1OCOC2)NCC1(c2ccccc2)CCCC1. The monoisotopic (exact) mass is 398 g/mol. The first-order valence-electron chi connectivity index (χ1n) is 10.3. The molecule has 0 atom stereocenters. The van der Waals surface area contributed by atoms with Crippen LogP contribution in [0.15, 0.2) is 42.5 Å². The molecule has 0 unspecified atom stereocenters. The lowest BCUT2D eigenvalue weighted by molar-refractivity contribution is -0.0172. The van der Waals surface area contributed by atoms with Crippen LogP contribution in [-0.2, 0) is 23.2 Å². The van der Waals surface area contributed by atoms with Crippen LogP contribution in [0.5, 0.6) is 5.75 Å². The van der Waals surface area contributed by atoms with Gasteiger partial charge in [-0.15, -0.1) is 0 Å². The maximum Gasteiger partial charge on any atom is 0.314 e. The van der Waals surface area contributed by atoms with E-state index in [1.165, 1.54) is 30.5 Å². The molecular formula is C23H27FN2O3. The number of nitrogens with one attached hydrogen (secondary N) is 2. The second kappa shape index (κ2) is 8.82. The quantitative estimate of drug-likeness (QED) is 0.772. The number of ether oxygens (including phenoxy) is 2. The van der Waals surface area contributed by atoms with Gasteiger partial charge in [0.15, 0.2) is 6.79 Å². The second-order valence-corrected chi connectivity index (χ2v) is 7.88. The number of fused-ring (bicyclic) bond motifs is 1.